The molecule has 2 aromatic rings. The molecule has 0 fully saturated rings. The van der Waals surface area contributed by atoms with Gasteiger partial charge < -0.3 is 15.0 Å². The second-order valence-corrected chi connectivity index (χ2v) is 10.7. The van der Waals surface area contributed by atoms with Gasteiger partial charge in [0.25, 0.3) is 0 Å². The third-order valence-electron chi connectivity index (χ3n) is 5.11. The summed E-state index contributed by atoms with van der Waals surface area (Å²) in [5, 5.41) is 2.65. The number of nitrogens with one attached hydrogen (secondary N) is 2. The molecule has 1 aliphatic rings. The predicted octanol–water partition coefficient (Wildman–Crippen LogP) is 3.68. The van der Waals surface area contributed by atoms with Gasteiger partial charge in [-0.15, -0.1) is 0 Å². The average molecular weight is 514 g/mol. The quantitative estimate of drug-likeness (QED) is 0.613. The van der Waals surface area contributed by atoms with Crippen molar-refractivity contribution in [2.45, 2.75) is 49.9 Å². The smallest absolute Gasteiger partial charge is 0.444 e. The molecule has 190 valence electrons. The van der Waals surface area contributed by atoms with E-state index in [2.05, 4.69) is 10.0 Å². The van der Waals surface area contributed by atoms with Crippen LogP contribution in [0.2, 0.25) is 0 Å². The summed E-state index contributed by atoms with van der Waals surface area (Å²) >= 11 is 0. The number of halogens is 3. The van der Waals surface area contributed by atoms with E-state index in [1.165, 1.54) is 12.1 Å². The van der Waals surface area contributed by atoms with Crippen LogP contribution in [-0.4, -0.2) is 45.3 Å². The zero-order chi connectivity index (χ0) is 26.0. The number of fused-ring (bicyclic) bond motifs is 1. The van der Waals surface area contributed by atoms with E-state index in [-0.39, 0.29) is 30.1 Å². The van der Waals surface area contributed by atoms with Gasteiger partial charge >= 0.3 is 18.2 Å². The number of carbonyl (C=O) groups is 2. The molecule has 0 unspecified atom stereocenters. The highest BCUT2D eigenvalue weighted by molar-refractivity contribution is 7.89. The summed E-state index contributed by atoms with van der Waals surface area (Å²) in [4.78, 5) is 24.3. The number of anilines is 1. The zero-order valence-corrected chi connectivity index (χ0v) is 20.2. The summed E-state index contributed by atoms with van der Waals surface area (Å²) in [5.41, 5.74) is 0.227. The highest BCUT2D eigenvalue weighted by atomic mass is 32.2. The highest BCUT2D eigenvalue weighted by Gasteiger charge is 2.44. The molecule has 3 rings (SSSR count). The second kappa shape index (κ2) is 9.86. The molecule has 1 atom stereocenters. The first-order valence-electron chi connectivity index (χ1n) is 10.7. The Morgan fingerprint density at radius 3 is 2.34 bits per heavy atom. The highest BCUT2D eigenvalue weighted by Crippen LogP contribution is 2.33. The fourth-order valence-electron chi connectivity index (χ4n) is 3.57. The molecule has 35 heavy (non-hydrogen) atoms. The summed E-state index contributed by atoms with van der Waals surface area (Å²) in [5.74, 6) is -2.00. The van der Waals surface area contributed by atoms with E-state index < -0.39 is 39.8 Å². The van der Waals surface area contributed by atoms with Crippen LogP contribution in [0.15, 0.2) is 53.4 Å². The molecule has 0 radical (unpaired) electrons. The van der Waals surface area contributed by atoms with Crippen molar-refractivity contribution in [3.8, 4) is 0 Å². The third kappa shape index (κ3) is 6.73. The van der Waals surface area contributed by atoms with Crippen LogP contribution < -0.4 is 14.9 Å². The summed E-state index contributed by atoms with van der Waals surface area (Å²) in [6, 6.07) is 11.5. The molecule has 2 amide bonds. The Morgan fingerprint density at radius 1 is 1.09 bits per heavy atom. The third-order valence-corrected chi connectivity index (χ3v) is 6.54. The summed E-state index contributed by atoms with van der Waals surface area (Å²) < 4.78 is 72.1. The number of hydrogen-bond acceptors (Lipinski definition) is 5. The van der Waals surface area contributed by atoms with Crippen LogP contribution in [0.1, 0.15) is 37.9 Å². The SMILES string of the molecule is CC(C)(C)OC(=O)N[C@H](CNS(=O)(=O)c1ccc2c(c1)CCN2C(=O)C(F)(F)F)c1ccccc1. The normalized spacial score (nSPS) is 14.9. The van der Waals surface area contributed by atoms with Crippen LogP contribution in [0.25, 0.3) is 0 Å². The monoisotopic (exact) mass is 513 g/mol. The topological polar surface area (TPSA) is 105 Å². The minimum absolute atomic E-state index is 0.0278. The van der Waals surface area contributed by atoms with Crippen LogP contribution in [-0.2, 0) is 26.0 Å². The lowest BCUT2D eigenvalue weighted by atomic mass is 10.1. The lowest BCUT2D eigenvalue weighted by Crippen LogP contribution is -2.40. The van der Waals surface area contributed by atoms with E-state index in [1.807, 2.05) is 0 Å². The number of carbonyl (C=O) groups excluding carboxylic acids is 2. The minimum Gasteiger partial charge on any atom is -0.444 e. The van der Waals surface area contributed by atoms with Crippen LogP contribution in [0.4, 0.5) is 23.7 Å². The van der Waals surface area contributed by atoms with E-state index >= 15 is 0 Å². The number of rotatable bonds is 6. The number of sulfonamides is 1. The molecule has 0 saturated carbocycles. The number of ether oxygens (including phenoxy) is 1. The number of hydrogen-bond donors (Lipinski definition) is 2. The van der Waals surface area contributed by atoms with Gasteiger partial charge in [-0.05, 0) is 56.5 Å². The first kappa shape index (κ1) is 26.5. The average Bonchev–Trinajstić information content (AvgIpc) is 3.18. The molecule has 8 nitrogen and oxygen atoms in total. The van der Waals surface area contributed by atoms with E-state index in [0.717, 1.165) is 6.07 Å². The van der Waals surface area contributed by atoms with Gasteiger partial charge in [-0.2, -0.15) is 13.2 Å². The minimum atomic E-state index is -5.03. The number of alkyl carbamates (subject to hydrolysis) is 1. The Balaban J connectivity index is 1.77. The summed E-state index contributed by atoms with van der Waals surface area (Å²) in [6.45, 7) is 4.69. The van der Waals surface area contributed by atoms with Crippen LogP contribution in [0, 0.1) is 0 Å². The standard InChI is InChI=1S/C23H26F3N3O5S/c1-22(2,3)34-21(31)28-18(15-7-5-4-6-8-15)14-27-35(32,33)17-9-10-19-16(13-17)11-12-29(19)20(30)23(24,25)26/h4-10,13,18,27H,11-12,14H2,1-3H3,(H,28,31)/t18-/m1/s1. The molecule has 0 aromatic heterocycles. The molecular formula is C23H26F3N3O5S. The molecule has 0 saturated heterocycles. The van der Waals surface area contributed by atoms with Gasteiger partial charge in [0.1, 0.15) is 5.60 Å². The molecule has 0 spiro atoms. The van der Waals surface area contributed by atoms with E-state index in [4.69, 9.17) is 4.74 Å². The number of benzene rings is 2. The van der Waals surface area contributed by atoms with Gasteiger partial charge in [0, 0.05) is 18.8 Å². The first-order valence-corrected chi connectivity index (χ1v) is 12.2. The second-order valence-electron chi connectivity index (χ2n) is 8.96. The Bertz CT molecular complexity index is 1200. The van der Waals surface area contributed by atoms with Crippen LogP contribution in [0.5, 0.6) is 0 Å². The molecule has 12 heteroatoms. The van der Waals surface area contributed by atoms with Crippen LogP contribution in [0.3, 0.4) is 0 Å². The maximum absolute atomic E-state index is 12.9. The lowest BCUT2D eigenvalue weighted by Gasteiger charge is -2.24. The van der Waals surface area contributed by atoms with Crippen molar-refractivity contribution >= 4 is 27.7 Å². The predicted molar refractivity (Wildman–Crippen MR) is 122 cm³/mol. The Labute approximate surface area is 201 Å². The molecular weight excluding hydrogens is 487 g/mol. The van der Waals surface area contributed by atoms with Gasteiger partial charge in [0.05, 0.1) is 10.9 Å². The zero-order valence-electron chi connectivity index (χ0n) is 19.3. The van der Waals surface area contributed by atoms with E-state index in [1.54, 1.807) is 51.1 Å². The van der Waals surface area contributed by atoms with Crippen molar-refractivity contribution < 1.29 is 35.9 Å². The fraction of sp³-hybridized carbons (Fsp3) is 0.391. The first-order chi connectivity index (χ1) is 16.2. The Morgan fingerprint density at radius 2 is 1.74 bits per heavy atom. The molecule has 0 aliphatic carbocycles. The summed E-state index contributed by atoms with van der Waals surface area (Å²) in [6.07, 6.45) is -5.66. The Kier molecular flexibility index (Phi) is 7.46. The van der Waals surface area contributed by atoms with Gasteiger partial charge in [-0.25, -0.2) is 17.9 Å². The number of alkyl halides is 3. The number of nitrogens with zero attached hydrogens (tertiary/aromatic N) is 1. The van der Waals surface area contributed by atoms with Gasteiger partial charge in [0.2, 0.25) is 10.0 Å². The van der Waals surface area contributed by atoms with Gasteiger partial charge in [0.15, 0.2) is 0 Å². The maximum Gasteiger partial charge on any atom is 0.471 e. The molecule has 2 aromatic carbocycles. The molecule has 2 N–H and O–H groups in total. The van der Waals surface area contributed by atoms with Crippen molar-refractivity contribution in [1.82, 2.24) is 10.0 Å². The van der Waals surface area contributed by atoms with Crippen molar-refractivity contribution in [2.24, 2.45) is 0 Å². The largest absolute Gasteiger partial charge is 0.471 e. The summed E-state index contributed by atoms with van der Waals surface area (Å²) in [7, 11) is -4.09. The lowest BCUT2D eigenvalue weighted by molar-refractivity contribution is -0.170. The van der Waals surface area contributed by atoms with Gasteiger partial charge in [-0.3, -0.25) is 4.79 Å². The molecule has 1 aliphatic heterocycles. The van der Waals surface area contributed by atoms with Crippen molar-refractivity contribution in [3.63, 3.8) is 0 Å². The molecule has 0 bridgehead atoms. The van der Waals surface area contributed by atoms with Gasteiger partial charge in [-0.1, -0.05) is 30.3 Å². The number of amides is 2. The van der Waals surface area contributed by atoms with Crippen molar-refractivity contribution in [1.29, 1.82) is 0 Å². The van der Waals surface area contributed by atoms with Crippen molar-refractivity contribution in [3.05, 3.63) is 59.7 Å². The maximum atomic E-state index is 12.9. The van der Waals surface area contributed by atoms with Crippen LogP contribution >= 0.6 is 0 Å². The molecule has 1 heterocycles. The van der Waals surface area contributed by atoms with E-state index in [9.17, 15) is 31.2 Å². The Hall–Kier alpha value is -3.12. The van der Waals surface area contributed by atoms with Crippen molar-refractivity contribution in [2.75, 3.05) is 18.0 Å². The van der Waals surface area contributed by atoms with E-state index in [0.29, 0.717) is 16.0 Å². The fourth-order valence-corrected chi connectivity index (χ4v) is 4.67.